The van der Waals surface area contributed by atoms with Crippen LogP contribution in [0.3, 0.4) is 0 Å². The van der Waals surface area contributed by atoms with E-state index in [1.807, 2.05) is 4.90 Å². The number of hydrogen-bond acceptors (Lipinski definition) is 3. The molecule has 128 valence electrons. The first-order valence-electron chi connectivity index (χ1n) is 8.05. The van der Waals surface area contributed by atoms with Gasteiger partial charge in [0.15, 0.2) is 0 Å². The van der Waals surface area contributed by atoms with Gasteiger partial charge in [-0.3, -0.25) is 4.79 Å². The van der Waals surface area contributed by atoms with Crippen molar-refractivity contribution in [3.63, 3.8) is 0 Å². The Kier molecular flexibility index (Phi) is 5.81. The van der Waals surface area contributed by atoms with Gasteiger partial charge in [-0.1, -0.05) is 29.3 Å². The molecule has 1 N–H and O–H groups in total. The molecule has 0 aliphatic carbocycles. The van der Waals surface area contributed by atoms with Crippen molar-refractivity contribution in [1.29, 1.82) is 0 Å². The van der Waals surface area contributed by atoms with Gasteiger partial charge in [-0.2, -0.15) is 0 Å². The molecule has 0 unspecified atom stereocenters. The second-order valence-corrected chi connectivity index (χ2v) is 8.32. The third-order valence-electron chi connectivity index (χ3n) is 4.14. The minimum absolute atomic E-state index is 0.0477. The van der Waals surface area contributed by atoms with E-state index in [4.69, 9.17) is 0 Å². The van der Waals surface area contributed by atoms with Crippen LogP contribution < -0.4 is 4.72 Å². The van der Waals surface area contributed by atoms with Crippen molar-refractivity contribution in [3.05, 3.63) is 34.9 Å². The van der Waals surface area contributed by atoms with Gasteiger partial charge in [0.25, 0.3) is 0 Å². The largest absolute Gasteiger partial charge is 0.343 e. The second kappa shape index (κ2) is 7.45. The maximum atomic E-state index is 12.3. The first-order chi connectivity index (χ1) is 10.7. The molecule has 1 saturated heterocycles. The van der Waals surface area contributed by atoms with Crippen LogP contribution in [0, 0.1) is 13.8 Å². The number of piperidine rings is 1. The number of benzene rings is 1. The molecule has 1 aliphatic heterocycles. The highest BCUT2D eigenvalue weighted by Crippen LogP contribution is 2.15. The number of nitrogens with zero attached hydrogens (tertiary/aromatic N) is 1. The lowest BCUT2D eigenvalue weighted by molar-refractivity contribution is -0.132. The van der Waals surface area contributed by atoms with Gasteiger partial charge in [-0.05, 0) is 38.7 Å². The molecule has 0 aromatic heterocycles. The monoisotopic (exact) mass is 338 g/mol. The van der Waals surface area contributed by atoms with Crippen LogP contribution in [0.5, 0.6) is 0 Å². The zero-order valence-electron chi connectivity index (χ0n) is 14.1. The maximum absolute atomic E-state index is 12.3. The Morgan fingerprint density at radius 2 is 1.74 bits per heavy atom. The predicted octanol–water partition coefficient (Wildman–Crippen LogP) is 1.78. The summed E-state index contributed by atoms with van der Waals surface area (Å²) in [7, 11) is -3.17. The lowest BCUT2D eigenvalue weighted by atomic mass is 10.0. The van der Waals surface area contributed by atoms with Crippen molar-refractivity contribution in [1.82, 2.24) is 9.62 Å². The molecule has 0 saturated carbocycles. The quantitative estimate of drug-likeness (QED) is 0.890. The Hall–Kier alpha value is -1.40. The summed E-state index contributed by atoms with van der Waals surface area (Å²) in [4.78, 5) is 14.2. The van der Waals surface area contributed by atoms with Crippen molar-refractivity contribution in [2.75, 3.05) is 19.3 Å². The molecule has 1 amide bonds. The molecule has 0 spiro atoms. The van der Waals surface area contributed by atoms with Crippen molar-refractivity contribution in [2.24, 2.45) is 0 Å². The van der Waals surface area contributed by atoms with Crippen molar-refractivity contribution >= 4 is 15.9 Å². The number of aryl methyl sites for hydroxylation is 3. The van der Waals surface area contributed by atoms with Gasteiger partial charge in [0.2, 0.25) is 15.9 Å². The van der Waals surface area contributed by atoms with Gasteiger partial charge in [-0.15, -0.1) is 0 Å². The van der Waals surface area contributed by atoms with Gasteiger partial charge in [0.1, 0.15) is 0 Å². The van der Waals surface area contributed by atoms with E-state index < -0.39 is 10.0 Å². The molecule has 1 aliphatic rings. The van der Waals surface area contributed by atoms with Crippen molar-refractivity contribution < 1.29 is 13.2 Å². The van der Waals surface area contributed by atoms with E-state index in [9.17, 15) is 13.2 Å². The third-order valence-corrected chi connectivity index (χ3v) is 4.90. The number of sulfonamides is 1. The Labute approximate surface area is 139 Å². The summed E-state index contributed by atoms with van der Waals surface area (Å²) in [6.45, 7) is 5.38. The van der Waals surface area contributed by atoms with E-state index in [1.165, 1.54) is 22.9 Å². The Bertz CT molecular complexity index is 642. The first-order valence-corrected chi connectivity index (χ1v) is 9.94. The van der Waals surface area contributed by atoms with Crippen LogP contribution in [-0.2, 0) is 21.2 Å². The lowest BCUT2D eigenvalue weighted by Crippen LogP contribution is -2.46. The van der Waals surface area contributed by atoms with Crippen LogP contribution in [0.25, 0.3) is 0 Å². The summed E-state index contributed by atoms with van der Waals surface area (Å²) in [5, 5.41) is 0. The standard InChI is InChI=1S/C17H26N2O3S/c1-13-10-14(2)12-15(11-13)4-5-17(20)19-8-6-16(7-9-19)18-23(3,21)22/h10-12,16,18H,4-9H2,1-3H3. The van der Waals surface area contributed by atoms with E-state index in [0.29, 0.717) is 32.4 Å². The number of hydrogen-bond donors (Lipinski definition) is 1. The summed E-state index contributed by atoms with van der Waals surface area (Å²) >= 11 is 0. The number of amides is 1. The highest BCUT2D eigenvalue weighted by Gasteiger charge is 2.24. The lowest BCUT2D eigenvalue weighted by Gasteiger charge is -2.32. The fourth-order valence-electron chi connectivity index (χ4n) is 3.17. The zero-order chi connectivity index (χ0) is 17.0. The van der Waals surface area contributed by atoms with E-state index >= 15 is 0 Å². The molecule has 0 bridgehead atoms. The highest BCUT2D eigenvalue weighted by molar-refractivity contribution is 7.88. The number of likely N-dealkylation sites (tertiary alicyclic amines) is 1. The molecule has 0 atom stereocenters. The van der Waals surface area contributed by atoms with Gasteiger partial charge < -0.3 is 4.90 Å². The summed E-state index contributed by atoms with van der Waals surface area (Å²) in [5.74, 6) is 0.155. The fourth-order valence-corrected chi connectivity index (χ4v) is 4.01. The molecule has 1 aromatic rings. The number of rotatable bonds is 5. The zero-order valence-corrected chi connectivity index (χ0v) is 14.9. The summed E-state index contributed by atoms with van der Waals surface area (Å²) < 4.78 is 25.1. The number of carbonyl (C=O) groups is 1. The Balaban J connectivity index is 1.81. The van der Waals surface area contributed by atoms with Crippen molar-refractivity contribution in [3.8, 4) is 0 Å². The molecule has 23 heavy (non-hydrogen) atoms. The average molecular weight is 338 g/mol. The molecule has 0 radical (unpaired) electrons. The molecule has 1 aromatic carbocycles. The first kappa shape index (κ1) is 17.9. The minimum atomic E-state index is -3.17. The highest BCUT2D eigenvalue weighted by atomic mass is 32.2. The molecular weight excluding hydrogens is 312 g/mol. The molecule has 1 fully saturated rings. The Morgan fingerprint density at radius 1 is 1.17 bits per heavy atom. The van der Waals surface area contributed by atoms with Crippen LogP contribution in [0.4, 0.5) is 0 Å². The van der Waals surface area contributed by atoms with Crippen LogP contribution in [-0.4, -0.2) is 44.6 Å². The molecular formula is C17H26N2O3S. The van der Waals surface area contributed by atoms with Crippen LogP contribution >= 0.6 is 0 Å². The number of carbonyl (C=O) groups excluding carboxylic acids is 1. The second-order valence-electron chi connectivity index (χ2n) is 6.54. The maximum Gasteiger partial charge on any atom is 0.222 e. The van der Waals surface area contributed by atoms with Gasteiger partial charge in [-0.25, -0.2) is 13.1 Å². The van der Waals surface area contributed by atoms with E-state index in [-0.39, 0.29) is 11.9 Å². The van der Waals surface area contributed by atoms with Crippen LogP contribution in [0.1, 0.15) is 36.0 Å². The normalized spacial score (nSPS) is 16.6. The summed E-state index contributed by atoms with van der Waals surface area (Å²) in [5.41, 5.74) is 3.64. The van der Waals surface area contributed by atoms with Crippen molar-refractivity contribution in [2.45, 2.75) is 45.6 Å². The third kappa shape index (κ3) is 5.95. The molecule has 1 heterocycles. The summed E-state index contributed by atoms with van der Waals surface area (Å²) in [6, 6.07) is 6.34. The minimum Gasteiger partial charge on any atom is -0.343 e. The smallest absolute Gasteiger partial charge is 0.222 e. The van der Waals surface area contributed by atoms with E-state index in [2.05, 4.69) is 36.8 Å². The fraction of sp³-hybridized carbons (Fsp3) is 0.588. The van der Waals surface area contributed by atoms with Crippen LogP contribution in [0.15, 0.2) is 18.2 Å². The molecule has 5 nitrogen and oxygen atoms in total. The number of nitrogens with one attached hydrogen (secondary N) is 1. The van der Waals surface area contributed by atoms with Gasteiger partial charge in [0, 0.05) is 25.6 Å². The van der Waals surface area contributed by atoms with Gasteiger partial charge >= 0.3 is 0 Å². The van der Waals surface area contributed by atoms with Crippen LogP contribution in [0.2, 0.25) is 0 Å². The molecule has 6 heteroatoms. The molecule has 2 rings (SSSR count). The average Bonchev–Trinajstić information content (AvgIpc) is 2.43. The Morgan fingerprint density at radius 3 is 2.26 bits per heavy atom. The topological polar surface area (TPSA) is 66.5 Å². The van der Waals surface area contributed by atoms with E-state index in [0.717, 1.165) is 6.42 Å². The summed E-state index contributed by atoms with van der Waals surface area (Å²) in [6.07, 6.45) is 3.80. The SMILES string of the molecule is Cc1cc(C)cc(CCC(=O)N2CCC(NS(C)(=O)=O)CC2)c1. The van der Waals surface area contributed by atoms with E-state index in [1.54, 1.807) is 0 Å². The predicted molar refractivity (Wildman–Crippen MR) is 91.8 cm³/mol. The van der Waals surface area contributed by atoms with Gasteiger partial charge in [0.05, 0.1) is 6.26 Å².